The Morgan fingerprint density at radius 1 is 1.17 bits per heavy atom. The summed E-state index contributed by atoms with van der Waals surface area (Å²) >= 11 is 5.74. The van der Waals surface area contributed by atoms with Gasteiger partial charge in [-0.3, -0.25) is 9.78 Å². The number of rotatable bonds is 8. The molecule has 0 spiro atoms. The summed E-state index contributed by atoms with van der Waals surface area (Å²) in [5.41, 5.74) is 5.96. The van der Waals surface area contributed by atoms with Gasteiger partial charge in [0.1, 0.15) is 0 Å². The molecule has 1 aromatic carbocycles. The van der Waals surface area contributed by atoms with Gasteiger partial charge < -0.3 is 24.6 Å². The summed E-state index contributed by atoms with van der Waals surface area (Å²) in [5, 5.41) is 13.6. The molecule has 0 unspecified atom stereocenters. The van der Waals surface area contributed by atoms with Gasteiger partial charge in [-0.15, -0.1) is 0 Å². The van der Waals surface area contributed by atoms with Crippen LogP contribution in [0.5, 0.6) is 0 Å². The van der Waals surface area contributed by atoms with Crippen molar-refractivity contribution in [2.75, 3.05) is 13.7 Å². The molecule has 1 fully saturated rings. The molecule has 9 heteroatoms. The molecule has 4 rings (SSSR count). The van der Waals surface area contributed by atoms with E-state index in [0.29, 0.717) is 24.5 Å². The van der Waals surface area contributed by atoms with Crippen LogP contribution in [0.2, 0.25) is 0 Å². The lowest BCUT2D eigenvalue weighted by Crippen LogP contribution is -2.31. The molecular weight excluding hydrogens is 476 g/mol. The zero-order chi connectivity index (χ0) is 26.0. The number of carboxylic acids is 1. The number of carbonyl (C=O) groups is 2. The number of benzene rings is 1. The van der Waals surface area contributed by atoms with Gasteiger partial charge in [-0.25, -0.2) is 4.79 Å². The third-order valence-electron chi connectivity index (χ3n) is 6.69. The molecular formula is C27H30N4O4S. The molecule has 1 aliphatic heterocycles. The van der Waals surface area contributed by atoms with E-state index >= 15 is 0 Å². The average Bonchev–Trinajstić information content (AvgIpc) is 3.34. The Kier molecular flexibility index (Phi) is 7.40. The van der Waals surface area contributed by atoms with E-state index in [1.807, 2.05) is 45.0 Å². The SMILES string of the molecule is COC(=O)CCCN1C(=S)N[C@@H](c2ccccn2)[C@@H]1c1cc(C)n(-c2cc(C(=O)O)ccc2C)c1C. The first kappa shape index (κ1) is 25.4. The smallest absolute Gasteiger partial charge is 0.335 e. The average molecular weight is 507 g/mol. The number of aromatic nitrogens is 2. The summed E-state index contributed by atoms with van der Waals surface area (Å²) in [6.45, 7) is 6.61. The van der Waals surface area contributed by atoms with Crippen LogP contribution in [0.15, 0.2) is 48.7 Å². The fraction of sp³-hybridized carbons (Fsp3) is 0.333. The number of nitrogens with zero attached hydrogens (tertiary/aromatic N) is 3. The molecule has 0 bridgehead atoms. The molecule has 2 N–H and O–H groups in total. The molecule has 2 atom stereocenters. The van der Waals surface area contributed by atoms with Gasteiger partial charge in [0, 0.05) is 36.2 Å². The maximum absolute atomic E-state index is 11.7. The van der Waals surface area contributed by atoms with Crippen LogP contribution in [0.1, 0.15) is 63.5 Å². The highest BCUT2D eigenvalue weighted by Gasteiger charge is 2.41. The molecule has 3 heterocycles. The monoisotopic (exact) mass is 506 g/mol. The summed E-state index contributed by atoms with van der Waals surface area (Å²) < 4.78 is 6.91. The van der Waals surface area contributed by atoms with E-state index in [2.05, 4.69) is 25.8 Å². The van der Waals surface area contributed by atoms with Crippen molar-refractivity contribution in [1.29, 1.82) is 0 Å². The number of nitrogens with one attached hydrogen (secondary N) is 1. The number of esters is 1. The molecule has 0 amide bonds. The highest BCUT2D eigenvalue weighted by molar-refractivity contribution is 7.80. The maximum atomic E-state index is 11.7. The van der Waals surface area contributed by atoms with Crippen molar-refractivity contribution in [1.82, 2.24) is 19.8 Å². The standard InChI is InChI=1S/C27H30N4O4S/c1-16-10-11-19(26(33)34)15-22(16)31-17(2)14-20(18(31)3)25-24(21-8-5-6-12-28-21)29-27(36)30(25)13-7-9-23(32)35-4/h5-6,8,10-12,14-15,24-25H,7,9,13H2,1-4H3,(H,29,36)(H,33,34)/t24-,25-/m0/s1. The Hall–Kier alpha value is -3.72. The molecule has 1 saturated heterocycles. The second kappa shape index (κ2) is 10.5. The topological polar surface area (TPSA) is 96.7 Å². The summed E-state index contributed by atoms with van der Waals surface area (Å²) in [4.78, 5) is 30.1. The van der Waals surface area contributed by atoms with E-state index in [9.17, 15) is 14.7 Å². The number of methoxy groups -OCH3 is 1. The summed E-state index contributed by atoms with van der Waals surface area (Å²) in [7, 11) is 1.39. The number of hydrogen-bond acceptors (Lipinski definition) is 5. The maximum Gasteiger partial charge on any atom is 0.335 e. The molecule has 1 aliphatic rings. The largest absolute Gasteiger partial charge is 0.478 e. The van der Waals surface area contributed by atoms with E-state index in [1.54, 1.807) is 18.3 Å². The highest BCUT2D eigenvalue weighted by atomic mass is 32.1. The second-order valence-electron chi connectivity index (χ2n) is 8.97. The number of pyridine rings is 1. The molecule has 188 valence electrons. The van der Waals surface area contributed by atoms with Crippen LogP contribution in [0.4, 0.5) is 0 Å². The number of carbonyl (C=O) groups excluding carboxylic acids is 1. The molecule has 8 nitrogen and oxygen atoms in total. The van der Waals surface area contributed by atoms with Crippen molar-refractivity contribution in [2.45, 2.75) is 45.7 Å². The van der Waals surface area contributed by atoms with Gasteiger partial charge in [0.25, 0.3) is 0 Å². The molecule has 3 aromatic rings. The third kappa shape index (κ3) is 4.83. The summed E-state index contributed by atoms with van der Waals surface area (Å²) in [6, 6.07) is 12.8. The Bertz CT molecular complexity index is 1300. The minimum Gasteiger partial charge on any atom is -0.478 e. The van der Waals surface area contributed by atoms with Crippen LogP contribution in [0.25, 0.3) is 5.69 Å². The van der Waals surface area contributed by atoms with Crippen molar-refractivity contribution >= 4 is 29.3 Å². The fourth-order valence-electron chi connectivity index (χ4n) is 4.92. The molecule has 36 heavy (non-hydrogen) atoms. The van der Waals surface area contributed by atoms with Crippen LogP contribution in [-0.4, -0.2) is 50.3 Å². The van der Waals surface area contributed by atoms with Crippen molar-refractivity contribution in [2.24, 2.45) is 0 Å². The van der Waals surface area contributed by atoms with Gasteiger partial charge in [-0.1, -0.05) is 12.1 Å². The van der Waals surface area contributed by atoms with Crippen LogP contribution in [0.3, 0.4) is 0 Å². The van der Waals surface area contributed by atoms with Gasteiger partial charge in [0.2, 0.25) is 0 Å². The molecule has 0 aliphatic carbocycles. The van der Waals surface area contributed by atoms with Gasteiger partial charge in [-0.05, 0) is 80.9 Å². The normalized spacial score (nSPS) is 17.2. The van der Waals surface area contributed by atoms with Crippen LogP contribution < -0.4 is 5.32 Å². The van der Waals surface area contributed by atoms with Gasteiger partial charge in [0.15, 0.2) is 5.11 Å². The lowest BCUT2D eigenvalue weighted by Gasteiger charge is -2.28. The number of ether oxygens (including phenoxy) is 1. The molecule has 0 saturated carbocycles. The summed E-state index contributed by atoms with van der Waals surface area (Å²) in [6.07, 6.45) is 2.66. The first-order valence-electron chi connectivity index (χ1n) is 11.8. The summed E-state index contributed by atoms with van der Waals surface area (Å²) in [5.74, 6) is -1.21. The second-order valence-corrected chi connectivity index (χ2v) is 9.35. The number of aryl methyl sites for hydroxylation is 2. The first-order chi connectivity index (χ1) is 17.2. The Labute approximate surface area is 215 Å². The Morgan fingerprint density at radius 3 is 2.61 bits per heavy atom. The molecule has 2 aromatic heterocycles. The number of hydrogen-bond donors (Lipinski definition) is 2. The van der Waals surface area contributed by atoms with Crippen molar-refractivity contribution < 1.29 is 19.4 Å². The molecule has 0 radical (unpaired) electrons. The van der Waals surface area contributed by atoms with Crippen molar-refractivity contribution in [3.05, 3.63) is 82.4 Å². The van der Waals surface area contributed by atoms with Crippen molar-refractivity contribution in [3.63, 3.8) is 0 Å². The first-order valence-corrected chi connectivity index (χ1v) is 12.2. The Morgan fingerprint density at radius 2 is 1.94 bits per heavy atom. The van der Waals surface area contributed by atoms with E-state index in [4.69, 9.17) is 17.0 Å². The quantitative estimate of drug-likeness (QED) is 0.342. The third-order valence-corrected chi connectivity index (χ3v) is 7.04. The zero-order valence-electron chi connectivity index (χ0n) is 20.8. The fourth-order valence-corrected chi connectivity index (χ4v) is 5.25. The van der Waals surface area contributed by atoms with E-state index in [0.717, 1.165) is 33.9 Å². The van der Waals surface area contributed by atoms with E-state index in [1.165, 1.54) is 7.11 Å². The predicted molar refractivity (Wildman–Crippen MR) is 140 cm³/mol. The number of carboxylic acid groups (broad SMARTS) is 1. The number of thiocarbonyl (C=S) groups is 1. The zero-order valence-corrected chi connectivity index (χ0v) is 21.6. The highest BCUT2D eigenvalue weighted by Crippen LogP contribution is 2.41. The number of aromatic carboxylic acids is 1. The van der Waals surface area contributed by atoms with Crippen LogP contribution >= 0.6 is 12.2 Å². The van der Waals surface area contributed by atoms with Crippen molar-refractivity contribution in [3.8, 4) is 5.69 Å². The lowest BCUT2D eigenvalue weighted by atomic mass is 9.96. The Balaban J connectivity index is 1.79. The predicted octanol–water partition coefficient (Wildman–Crippen LogP) is 4.42. The minimum atomic E-state index is -0.962. The van der Waals surface area contributed by atoms with Crippen LogP contribution in [-0.2, 0) is 9.53 Å². The van der Waals surface area contributed by atoms with E-state index < -0.39 is 5.97 Å². The van der Waals surface area contributed by atoms with Gasteiger partial charge in [0.05, 0.1) is 30.5 Å². The lowest BCUT2D eigenvalue weighted by molar-refractivity contribution is -0.140. The minimum absolute atomic E-state index is 0.159. The van der Waals surface area contributed by atoms with Crippen LogP contribution in [0, 0.1) is 20.8 Å². The van der Waals surface area contributed by atoms with Gasteiger partial charge in [-0.2, -0.15) is 0 Å². The van der Waals surface area contributed by atoms with E-state index in [-0.39, 0.29) is 23.6 Å². The van der Waals surface area contributed by atoms with Gasteiger partial charge >= 0.3 is 11.9 Å².